The number of thioether (sulfide) groups is 1. The van der Waals surface area contributed by atoms with Crippen LogP contribution in [0.1, 0.15) is 13.3 Å². The Morgan fingerprint density at radius 3 is 2.60 bits per heavy atom. The first-order valence-electron chi connectivity index (χ1n) is 6.49. The number of benzene rings is 1. The third-order valence-corrected chi connectivity index (χ3v) is 4.49. The summed E-state index contributed by atoms with van der Waals surface area (Å²) in [7, 11) is 0. The maximum absolute atomic E-state index is 12.0. The molecule has 1 aliphatic rings. The summed E-state index contributed by atoms with van der Waals surface area (Å²) in [5.41, 5.74) is 5.59. The van der Waals surface area contributed by atoms with Gasteiger partial charge in [0.25, 0.3) is 0 Å². The van der Waals surface area contributed by atoms with Gasteiger partial charge in [-0.25, -0.2) is 4.79 Å². The van der Waals surface area contributed by atoms with Gasteiger partial charge in [-0.15, -0.1) is 11.8 Å². The van der Waals surface area contributed by atoms with Crippen molar-refractivity contribution in [1.29, 1.82) is 0 Å². The number of aliphatic carboxylic acids is 1. The molecule has 1 fully saturated rings. The number of carboxylic acids is 1. The van der Waals surface area contributed by atoms with Crippen LogP contribution in [0.2, 0.25) is 0 Å². The van der Waals surface area contributed by atoms with E-state index in [1.807, 2.05) is 30.3 Å². The second-order valence-corrected chi connectivity index (χ2v) is 6.30. The van der Waals surface area contributed by atoms with Crippen LogP contribution in [0.3, 0.4) is 0 Å². The van der Waals surface area contributed by atoms with E-state index in [0.717, 1.165) is 4.90 Å². The largest absolute Gasteiger partial charge is 0.480 e. The summed E-state index contributed by atoms with van der Waals surface area (Å²) < 4.78 is 0. The molecule has 3 atom stereocenters. The standard InChI is InChI=1S/C14H18N2O3S/c1-9(15)13(17)16-8-11(7-12(16)14(18)19)20-10-5-3-2-4-6-10/h2-6,9,11-12H,7-8,15H2,1H3,(H,18,19)/t9-,11-,12-/m0/s1. The van der Waals surface area contributed by atoms with Crippen LogP contribution in [-0.4, -0.2) is 45.8 Å². The molecule has 0 unspecified atom stereocenters. The number of carboxylic acid groups (broad SMARTS) is 1. The number of likely N-dealkylation sites (tertiary alicyclic amines) is 1. The fraction of sp³-hybridized carbons (Fsp3) is 0.429. The van der Waals surface area contributed by atoms with E-state index in [4.69, 9.17) is 5.73 Å². The average molecular weight is 294 g/mol. The Bertz CT molecular complexity index is 492. The lowest BCUT2D eigenvalue weighted by atomic mass is 10.2. The van der Waals surface area contributed by atoms with Gasteiger partial charge in [0.15, 0.2) is 0 Å². The van der Waals surface area contributed by atoms with Gasteiger partial charge in [0.05, 0.1) is 6.04 Å². The van der Waals surface area contributed by atoms with Gasteiger partial charge in [-0.2, -0.15) is 0 Å². The van der Waals surface area contributed by atoms with Crippen molar-refractivity contribution in [2.75, 3.05) is 6.54 Å². The molecule has 3 N–H and O–H groups in total. The summed E-state index contributed by atoms with van der Waals surface area (Å²) >= 11 is 1.61. The molecule has 1 heterocycles. The zero-order valence-corrected chi connectivity index (χ0v) is 12.0. The highest BCUT2D eigenvalue weighted by atomic mass is 32.2. The summed E-state index contributed by atoms with van der Waals surface area (Å²) in [4.78, 5) is 25.8. The lowest BCUT2D eigenvalue weighted by Gasteiger charge is -2.23. The number of amides is 1. The maximum atomic E-state index is 12.0. The normalized spacial score (nSPS) is 23.6. The monoisotopic (exact) mass is 294 g/mol. The molecule has 0 saturated carbocycles. The van der Waals surface area contributed by atoms with Crippen LogP contribution >= 0.6 is 11.8 Å². The smallest absolute Gasteiger partial charge is 0.326 e. The van der Waals surface area contributed by atoms with E-state index in [1.54, 1.807) is 18.7 Å². The number of carbonyl (C=O) groups excluding carboxylic acids is 1. The number of hydrogen-bond donors (Lipinski definition) is 2. The van der Waals surface area contributed by atoms with Crippen molar-refractivity contribution in [3.63, 3.8) is 0 Å². The van der Waals surface area contributed by atoms with Crippen molar-refractivity contribution in [1.82, 2.24) is 4.90 Å². The van der Waals surface area contributed by atoms with Crippen LogP contribution in [-0.2, 0) is 9.59 Å². The molecule has 1 aromatic carbocycles. The Morgan fingerprint density at radius 1 is 1.40 bits per heavy atom. The Balaban J connectivity index is 2.08. The fourth-order valence-electron chi connectivity index (χ4n) is 2.31. The van der Waals surface area contributed by atoms with Crippen LogP contribution in [0.15, 0.2) is 35.2 Å². The van der Waals surface area contributed by atoms with Gasteiger partial charge >= 0.3 is 5.97 Å². The summed E-state index contributed by atoms with van der Waals surface area (Å²) in [6.45, 7) is 2.01. The van der Waals surface area contributed by atoms with E-state index in [9.17, 15) is 14.7 Å². The van der Waals surface area contributed by atoms with E-state index in [0.29, 0.717) is 13.0 Å². The van der Waals surface area contributed by atoms with E-state index in [-0.39, 0.29) is 11.2 Å². The van der Waals surface area contributed by atoms with Crippen molar-refractivity contribution >= 4 is 23.6 Å². The predicted octanol–water partition coefficient (Wildman–Crippen LogP) is 1.18. The van der Waals surface area contributed by atoms with Gasteiger partial charge in [0, 0.05) is 16.7 Å². The van der Waals surface area contributed by atoms with Gasteiger partial charge < -0.3 is 15.7 Å². The minimum absolute atomic E-state index is 0.0844. The lowest BCUT2D eigenvalue weighted by molar-refractivity contribution is -0.148. The Morgan fingerprint density at radius 2 is 2.05 bits per heavy atom. The molecule has 0 spiro atoms. The minimum Gasteiger partial charge on any atom is -0.480 e. The van der Waals surface area contributed by atoms with Crippen LogP contribution in [0, 0.1) is 0 Å². The number of nitrogens with two attached hydrogens (primary N) is 1. The number of carbonyl (C=O) groups is 2. The van der Waals surface area contributed by atoms with E-state index in [2.05, 4.69) is 0 Å². The van der Waals surface area contributed by atoms with Crippen LogP contribution < -0.4 is 5.73 Å². The molecule has 20 heavy (non-hydrogen) atoms. The Hall–Kier alpha value is -1.53. The van der Waals surface area contributed by atoms with E-state index < -0.39 is 18.1 Å². The third kappa shape index (κ3) is 3.32. The van der Waals surface area contributed by atoms with Crippen molar-refractivity contribution in [3.05, 3.63) is 30.3 Å². The van der Waals surface area contributed by atoms with Crippen LogP contribution in [0.25, 0.3) is 0 Å². The average Bonchev–Trinajstić information content (AvgIpc) is 2.83. The zero-order chi connectivity index (χ0) is 14.7. The van der Waals surface area contributed by atoms with Crippen molar-refractivity contribution in [2.24, 2.45) is 5.73 Å². The quantitative estimate of drug-likeness (QED) is 0.871. The minimum atomic E-state index is -0.963. The SMILES string of the molecule is C[C@H](N)C(=O)N1C[C@@H](Sc2ccccc2)C[C@H]1C(=O)O. The van der Waals surface area contributed by atoms with Gasteiger partial charge in [0.2, 0.25) is 5.91 Å². The first kappa shape index (κ1) is 14.9. The summed E-state index contributed by atoms with van der Waals surface area (Å²) in [6, 6.07) is 8.35. The molecule has 108 valence electrons. The molecule has 5 nitrogen and oxygen atoms in total. The molecular weight excluding hydrogens is 276 g/mol. The molecule has 0 aliphatic carbocycles. The topological polar surface area (TPSA) is 83.6 Å². The molecule has 0 aromatic heterocycles. The van der Waals surface area contributed by atoms with Gasteiger partial charge in [-0.3, -0.25) is 4.79 Å². The first-order chi connectivity index (χ1) is 9.49. The van der Waals surface area contributed by atoms with Gasteiger partial charge in [-0.1, -0.05) is 18.2 Å². The molecule has 1 aliphatic heterocycles. The van der Waals surface area contributed by atoms with Crippen LogP contribution in [0.4, 0.5) is 0 Å². The number of hydrogen-bond acceptors (Lipinski definition) is 4. The summed E-state index contributed by atoms with van der Waals surface area (Å²) in [5.74, 6) is -1.26. The molecule has 0 bridgehead atoms. The molecule has 0 radical (unpaired) electrons. The second kappa shape index (κ2) is 6.28. The van der Waals surface area contributed by atoms with Crippen molar-refractivity contribution in [2.45, 2.75) is 35.6 Å². The molecular formula is C14H18N2O3S. The molecule has 1 amide bonds. The second-order valence-electron chi connectivity index (χ2n) is 4.92. The van der Waals surface area contributed by atoms with Crippen LogP contribution in [0.5, 0.6) is 0 Å². The van der Waals surface area contributed by atoms with Crippen molar-refractivity contribution < 1.29 is 14.7 Å². The molecule has 6 heteroatoms. The molecule has 2 rings (SSSR count). The van der Waals surface area contributed by atoms with Gasteiger partial charge in [-0.05, 0) is 25.5 Å². The highest BCUT2D eigenvalue weighted by Gasteiger charge is 2.40. The van der Waals surface area contributed by atoms with Crippen molar-refractivity contribution in [3.8, 4) is 0 Å². The number of nitrogens with zero attached hydrogens (tertiary/aromatic N) is 1. The zero-order valence-electron chi connectivity index (χ0n) is 11.2. The fourth-order valence-corrected chi connectivity index (χ4v) is 3.53. The summed E-state index contributed by atoms with van der Waals surface area (Å²) in [5, 5.41) is 9.34. The summed E-state index contributed by atoms with van der Waals surface area (Å²) in [6.07, 6.45) is 0.452. The third-order valence-electron chi connectivity index (χ3n) is 3.27. The Kier molecular flexibility index (Phi) is 4.67. The maximum Gasteiger partial charge on any atom is 0.326 e. The molecule has 1 saturated heterocycles. The predicted molar refractivity (Wildman–Crippen MR) is 77.5 cm³/mol. The lowest BCUT2D eigenvalue weighted by Crippen LogP contribution is -2.47. The van der Waals surface area contributed by atoms with E-state index >= 15 is 0 Å². The highest BCUT2D eigenvalue weighted by molar-refractivity contribution is 8.00. The number of rotatable bonds is 4. The van der Waals surface area contributed by atoms with Gasteiger partial charge in [0.1, 0.15) is 6.04 Å². The first-order valence-corrected chi connectivity index (χ1v) is 7.37. The molecule has 1 aromatic rings. The highest BCUT2D eigenvalue weighted by Crippen LogP contribution is 2.33. The Labute approximate surface area is 122 Å². The van der Waals surface area contributed by atoms with E-state index in [1.165, 1.54) is 4.90 Å².